The molecule has 1 aliphatic heterocycles. The lowest BCUT2D eigenvalue weighted by Crippen LogP contribution is -2.28. The molecule has 2 rings (SSSR count). The molecule has 1 aromatic carbocycles. The van der Waals surface area contributed by atoms with Gasteiger partial charge in [-0.1, -0.05) is 24.4 Å². The number of nitrogens with zero attached hydrogens (tertiary/aromatic N) is 2. The smallest absolute Gasteiger partial charge is 0.280 e. The van der Waals surface area contributed by atoms with Crippen molar-refractivity contribution in [2.75, 3.05) is 13.6 Å². The number of hydrogen-bond acceptors (Lipinski definition) is 3. The van der Waals surface area contributed by atoms with Crippen molar-refractivity contribution >= 4 is 35.0 Å². The second-order valence-electron chi connectivity index (χ2n) is 4.09. The van der Waals surface area contributed by atoms with Gasteiger partial charge in [-0.2, -0.15) is 4.99 Å². The van der Waals surface area contributed by atoms with Crippen LogP contribution in [0, 0.1) is 0 Å². The average molecular weight is 276 g/mol. The fraction of sp³-hybridized carbons (Fsp3) is 0.167. The Bertz CT molecular complexity index is 597. The second kappa shape index (κ2) is 5.15. The molecule has 0 unspecified atom stereocenters. The Hall–Kier alpha value is -2.28. The Morgan fingerprint density at radius 1 is 1.47 bits per heavy atom. The van der Waals surface area contributed by atoms with Gasteiger partial charge in [0.1, 0.15) is 4.99 Å². The molecule has 19 heavy (non-hydrogen) atoms. The molecule has 0 aliphatic carbocycles. The third kappa shape index (κ3) is 2.94. The van der Waals surface area contributed by atoms with Crippen LogP contribution < -0.4 is 11.1 Å². The summed E-state index contributed by atoms with van der Waals surface area (Å²) in [6, 6.07) is 6.59. The number of aliphatic imine (C=N–C) groups is 1. The van der Waals surface area contributed by atoms with E-state index in [1.54, 1.807) is 36.2 Å². The number of guanidine groups is 1. The van der Waals surface area contributed by atoms with Gasteiger partial charge in [0.05, 0.1) is 6.54 Å². The minimum absolute atomic E-state index is 0.189. The van der Waals surface area contributed by atoms with Gasteiger partial charge < -0.3 is 10.6 Å². The van der Waals surface area contributed by atoms with E-state index in [9.17, 15) is 9.59 Å². The first-order valence-corrected chi connectivity index (χ1v) is 5.92. The quantitative estimate of drug-likeness (QED) is 0.735. The van der Waals surface area contributed by atoms with Gasteiger partial charge in [-0.15, -0.1) is 0 Å². The van der Waals surface area contributed by atoms with Gasteiger partial charge >= 0.3 is 0 Å². The normalized spacial score (nSPS) is 16.6. The van der Waals surface area contributed by atoms with Crippen molar-refractivity contribution in [2.24, 2.45) is 10.7 Å². The zero-order valence-corrected chi connectivity index (χ0v) is 11.0. The van der Waals surface area contributed by atoms with Crippen LogP contribution in [0.3, 0.4) is 0 Å². The predicted octanol–water partition coefficient (Wildman–Crippen LogP) is -0.121. The molecule has 1 heterocycles. The first kappa shape index (κ1) is 13.2. The van der Waals surface area contributed by atoms with E-state index in [-0.39, 0.29) is 23.4 Å². The number of hydrogen-bond donors (Lipinski definition) is 2. The number of rotatable bonds is 2. The van der Waals surface area contributed by atoms with Gasteiger partial charge in [-0.25, -0.2) is 0 Å². The highest BCUT2D eigenvalue weighted by atomic mass is 32.1. The lowest BCUT2D eigenvalue weighted by Gasteiger charge is -2.08. The molecule has 6 nitrogen and oxygen atoms in total. The van der Waals surface area contributed by atoms with E-state index in [1.165, 1.54) is 0 Å². The molecule has 0 radical (unpaired) electrons. The van der Waals surface area contributed by atoms with Gasteiger partial charge in [0.2, 0.25) is 11.9 Å². The summed E-state index contributed by atoms with van der Waals surface area (Å²) in [6.45, 7) is 0.193. The van der Waals surface area contributed by atoms with Gasteiger partial charge in [0.15, 0.2) is 0 Å². The minimum atomic E-state index is -0.456. The van der Waals surface area contributed by atoms with E-state index in [1.807, 2.05) is 0 Å². The first-order valence-electron chi connectivity index (χ1n) is 5.51. The van der Waals surface area contributed by atoms with Crippen molar-refractivity contribution in [1.29, 1.82) is 0 Å². The summed E-state index contributed by atoms with van der Waals surface area (Å²) in [4.78, 5) is 28.8. The summed E-state index contributed by atoms with van der Waals surface area (Å²) in [7, 11) is 1.68. The summed E-state index contributed by atoms with van der Waals surface area (Å²) in [5.41, 5.74) is 6.48. The average Bonchev–Trinajstić information content (AvgIpc) is 2.68. The SMILES string of the molecule is CN1CC(=O)NC1=NC(=O)c1cccc(C(N)=S)c1. The summed E-state index contributed by atoms with van der Waals surface area (Å²) in [5.74, 6) is -0.399. The van der Waals surface area contributed by atoms with E-state index >= 15 is 0 Å². The van der Waals surface area contributed by atoms with E-state index in [4.69, 9.17) is 18.0 Å². The number of nitrogens with one attached hydrogen (secondary N) is 1. The number of carbonyl (C=O) groups excluding carboxylic acids is 2. The standard InChI is InChI=1S/C12H12N4O2S/c1-16-6-9(17)14-12(16)15-11(18)8-4-2-3-7(5-8)10(13)19/h2-5H,6H2,1H3,(H2,13,19)(H,14,15,17,18). The fourth-order valence-electron chi connectivity index (χ4n) is 1.63. The van der Waals surface area contributed by atoms with Crippen LogP contribution in [-0.2, 0) is 4.79 Å². The van der Waals surface area contributed by atoms with Crippen LogP contribution in [0.25, 0.3) is 0 Å². The van der Waals surface area contributed by atoms with E-state index in [0.29, 0.717) is 11.1 Å². The van der Waals surface area contributed by atoms with Gasteiger partial charge in [-0.05, 0) is 12.1 Å². The molecule has 0 aromatic heterocycles. The summed E-state index contributed by atoms with van der Waals surface area (Å²) < 4.78 is 0. The molecule has 1 aliphatic rings. The molecular weight excluding hydrogens is 264 g/mol. The number of thiocarbonyl (C=S) groups is 1. The molecule has 1 fully saturated rings. The number of likely N-dealkylation sites (N-methyl/N-ethyl adjacent to an activating group) is 1. The third-order valence-electron chi connectivity index (χ3n) is 2.60. The highest BCUT2D eigenvalue weighted by Gasteiger charge is 2.22. The Labute approximate surface area is 115 Å². The van der Waals surface area contributed by atoms with Gasteiger partial charge in [0, 0.05) is 18.2 Å². The van der Waals surface area contributed by atoms with Crippen LogP contribution in [0.2, 0.25) is 0 Å². The Morgan fingerprint density at radius 3 is 2.74 bits per heavy atom. The van der Waals surface area contributed by atoms with E-state index in [2.05, 4.69) is 10.3 Å². The fourth-order valence-corrected chi connectivity index (χ4v) is 1.76. The predicted molar refractivity (Wildman–Crippen MR) is 74.9 cm³/mol. The van der Waals surface area contributed by atoms with Crippen LogP contribution >= 0.6 is 12.2 Å². The molecule has 7 heteroatoms. The lowest BCUT2D eigenvalue weighted by molar-refractivity contribution is -0.118. The van der Waals surface area contributed by atoms with Crippen LogP contribution in [0.5, 0.6) is 0 Å². The Balaban J connectivity index is 2.25. The largest absolute Gasteiger partial charge is 0.389 e. The van der Waals surface area contributed by atoms with Crippen molar-refractivity contribution in [1.82, 2.24) is 10.2 Å². The summed E-state index contributed by atoms with van der Waals surface area (Å²) >= 11 is 4.85. The number of nitrogens with two attached hydrogens (primary N) is 1. The Morgan fingerprint density at radius 2 is 2.16 bits per heavy atom. The van der Waals surface area contributed by atoms with Crippen molar-refractivity contribution in [3.63, 3.8) is 0 Å². The van der Waals surface area contributed by atoms with Gasteiger partial charge in [0.25, 0.3) is 5.91 Å². The molecule has 0 atom stereocenters. The van der Waals surface area contributed by atoms with Gasteiger partial charge in [-0.3, -0.25) is 14.9 Å². The van der Waals surface area contributed by atoms with Crippen molar-refractivity contribution in [2.45, 2.75) is 0 Å². The zero-order valence-electron chi connectivity index (χ0n) is 10.2. The second-order valence-corrected chi connectivity index (χ2v) is 4.53. The molecule has 2 amide bonds. The topological polar surface area (TPSA) is 87.8 Å². The molecule has 1 aromatic rings. The number of amides is 2. The number of carbonyl (C=O) groups is 2. The van der Waals surface area contributed by atoms with Crippen LogP contribution in [0.15, 0.2) is 29.3 Å². The molecule has 0 bridgehead atoms. The Kier molecular flexibility index (Phi) is 3.57. The van der Waals surface area contributed by atoms with Crippen LogP contribution in [0.4, 0.5) is 0 Å². The highest BCUT2D eigenvalue weighted by molar-refractivity contribution is 7.80. The zero-order chi connectivity index (χ0) is 14.0. The van der Waals surface area contributed by atoms with Crippen molar-refractivity contribution in [3.05, 3.63) is 35.4 Å². The first-order chi connectivity index (χ1) is 8.97. The van der Waals surface area contributed by atoms with Crippen molar-refractivity contribution in [3.8, 4) is 0 Å². The number of benzene rings is 1. The van der Waals surface area contributed by atoms with Crippen LogP contribution in [-0.4, -0.2) is 41.3 Å². The lowest BCUT2D eigenvalue weighted by atomic mass is 10.1. The molecule has 98 valence electrons. The highest BCUT2D eigenvalue weighted by Crippen LogP contribution is 2.08. The van der Waals surface area contributed by atoms with Crippen molar-refractivity contribution < 1.29 is 9.59 Å². The maximum absolute atomic E-state index is 12.0. The maximum atomic E-state index is 12.0. The third-order valence-corrected chi connectivity index (χ3v) is 2.83. The maximum Gasteiger partial charge on any atom is 0.280 e. The van der Waals surface area contributed by atoms with Crippen LogP contribution in [0.1, 0.15) is 15.9 Å². The monoisotopic (exact) mass is 276 g/mol. The summed E-state index contributed by atoms with van der Waals surface area (Å²) in [6.07, 6.45) is 0. The molecule has 3 N–H and O–H groups in total. The van der Waals surface area contributed by atoms with E-state index in [0.717, 1.165) is 0 Å². The minimum Gasteiger partial charge on any atom is -0.389 e. The molecule has 0 spiro atoms. The molecule has 1 saturated heterocycles. The summed E-state index contributed by atoms with van der Waals surface area (Å²) in [5, 5.41) is 2.51. The molecular formula is C12H12N4O2S. The molecule has 0 saturated carbocycles. The van der Waals surface area contributed by atoms with E-state index < -0.39 is 5.91 Å².